The second-order valence-corrected chi connectivity index (χ2v) is 5.71. The summed E-state index contributed by atoms with van der Waals surface area (Å²) in [6, 6.07) is 7.58. The van der Waals surface area contributed by atoms with Crippen molar-refractivity contribution in [1.29, 1.82) is 0 Å². The molecule has 2 aromatic rings. The molecule has 1 atom stereocenters. The van der Waals surface area contributed by atoms with Gasteiger partial charge in [-0.25, -0.2) is 0 Å². The van der Waals surface area contributed by atoms with Gasteiger partial charge < -0.3 is 15.0 Å². The fraction of sp³-hybridized carbons (Fsp3) is 0.389. The van der Waals surface area contributed by atoms with Crippen LogP contribution in [-0.2, 0) is 4.74 Å². The molecular formula is C18H22N4O2. The third-order valence-corrected chi connectivity index (χ3v) is 4.17. The molecule has 0 aliphatic carbocycles. The predicted octanol–water partition coefficient (Wildman–Crippen LogP) is 2.19. The first-order valence-corrected chi connectivity index (χ1v) is 8.27. The first-order valence-electron chi connectivity index (χ1n) is 8.27. The van der Waals surface area contributed by atoms with E-state index in [-0.39, 0.29) is 11.9 Å². The number of carbonyl (C=O) groups is 1. The highest BCUT2D eigenvalue weighted by atomic mass is 16.5. The van der Waals surface area contributed by atoms with Crippen LogP contribution in [0.15, 0.2) is 42.9 Å². The van der Waals surface area contributed by atoms with E-state index in [2.05, 4.69) is 20.2 Å². The van der Waals surface area contributed by atoms with Gasteiger partial charge in [-0.05, 0) is 36.2 Å². The van der Waals surface area contributed by atoms with Crippen LogP contribution in [0.1, 0.15) is 35.4 Å². The first kappa shape index (κ1) is 16.4. The van der Waals surface area contributed by atoms with Crippen molar-refractivity contribution in [1.82, 2.24) is 15.3 Å². The van der Waals surface area contributed by atoms with Crippen LogP contribution in [0.2, 0.25) is 0 Å². The van der Waals surface area contributed by atoms with Crippen LogP contribution in [-0.4, -0.2) is 42.2 Å². The summed E-state index contributed by atoms with van der Waals surface area (Å²) in [5.41, 5.74) is 2.49. The Balaban J connectivity index is 1.72. The predicted molar refractivity (Wildman–Crippen MR) is 92.0 cm³/mol. The molecule has 24 heavy (non-hydrogen) atoms. The summed E-state index contributed by atoms with van der Waals surface area (Å²) in [7, 11) is 0. The van der Waals surface area contributed by atoms with Gasteiger partial charge in [-0.15, -0.1) is 0 Å². The van der Waals surface area contributed by atoms with E-state index >= 15 is 0 Å². The molecule has 0 unspecified atom stereocenters. The van der Waals surface area contributed by atoms with E-state index in [9.17, 15) is 4.79 Å². The van der Waals surface area contributed by atoms with Gasteiger partial charge in [0.05, 0.1) is 19.3 Å². The van der Waals surface area contributed by atoms with Gasteiger partial charge in [-0.3, -0.25) is 14.8 Å². The Morgan fingerprint density at radius 1 is 1.25 bits per heavy atom. The maximum absolute atomic E-state index is 12.6. The topological polar surface area (TPSA) is 67.4 Å². The zero-order valence-electron chi connectivity index (χ0n) is 13.8. The van der Waals surface area contributed by atoms with Crippen molar-refractivity contribution in [2.75, 3.05) is 31.2 Å². The quantitative estimate of drug-likeness (QED) is 0.912. The van der Waals surface area contributed by atoms with Gasteiger partial charge in [-0.2, -0.15) is 0 Å². The Hall–Kier alpha value is -2.47. The maximum atomic E-state index is 12.6. The minimum Gasteiger partial charge on any atom is -0.378 e. The molecule has 6 heteroatoms. The van der Waals surface area contributed by atoms with E-state index < -0.39 is 0 Å². The SMILES string of the molecule is CC[C@H](NC(=O)c1cc(N2CCOCC2)ccn1)c1ccncc1. The zero-order valence-corrected chi connectivity index (χ0v) is 13.8. The van der Waals surface area contributed by atoms with Crippen molar-refractivity contribution >= 4 is 11.6 Å². The van der Waals surface area contributed by atoms with E-state index in [1.807, 2.05) is 31.2 Å². The molecule has 0 saturated carbocycles. The van der Waals surface area contributed by atoms with Crippen LogP contribution in [0.25, 0.3) is 0 Å². The van der Waals surface area contributed by atoms with Gasteiger partial charge in [-0.1, -0.05) is 6.92 Å². The highest BCUT2D eigenvalue weighted by molar-refractivity contribution is 5.93. The number of nitrogens with one attached hydrogen (secondary N) is 1. The molecule has 1 N–H and O–H groups in total. The summed E-state index contributed by atoms with van der Waals surface area (Å²) < 4.78 is 5.37. The molecule has 3 rings (SSSR count). The second-order valence-electron chi connectivity index (χ2n) is 5.71. The molecule has 1 fully saturated rings. The molecule has 0 aromatic carbocycles. The molecule has 0 radical (unpaired) electrons. The third-order valence-electron chi connectivity index (χ3n) is 4.17. The van der Waals surface area contributed by atoms with E-state index in [0.717, 1.165) is 30.8 Å². The lowest BCUT2D eigenvalue weighted by Gasteiger charge is -2.29. The molecular weight excluding hydrogens is 304 g/mol. The largest absolute Gasteiger partial charge is 0.378 e. The summed E-state index contributed by atoms with van der Waals surface area (Å²) in [6.45, 7) is 5.13. The average Bonchev–Trinajstić information content (AvgIpc) is 2.67. The molecule has 1 aliphatic rings. The van der Waals surface area contributed by atoms with Crippen molar-refractivity contribution in [3.05, 3.63) is 54.1 Å². The number of hydrogen-bond acceptors (Lipinski definition) is 5. The Kier molecular flexibility index (Phi) is 5.38. The number of rotatable bonds is 5. The fourth-order valence-electron chi connectivity index (χ4n) is 2.81. The summed E-state index contributed by atoms with van der Waals surface area (Å²) in [5.74, 6) is -0.159. The zero-order chi connectivity index (χ0) is 16.8. The number of aromatic nitrogens is 2. The second kappa shape index (κ2) is 7.88. The van der Waals surface area contributed by atoms with Gasteiger partial charge in [0.25, 0.3) is 5.91 Å². The fourth-order valence-corrected chi connectivity index (χ4v) is 2.81. The number of nitrogens with zero attached hydrogens (tertiary/aromatic N) is 3. The summed E-state index contributed by atoms with van der Waals surface area (Å²) in [6.07, 6.45) is 5.97. The summed E-state index contributed by atoms with van der Waals surface area (Å²) in [5, 5.41) is 3.06. The Bertz CT molecular complexity index is 672. The van der Waals surface area contributed by atoms with Crippen molar-refractivity contribution < 1.29 is 9.53 Å². The lowest BCUT2D eigenvalue weighted by molar-refractivity contribution is 0.0930. The molecule has 1 aliphatic heterocycles. The van der Waals surface area contributed by atoms with Gasteiger partial charge in [0.15, 0.2) is 0 Å². The number of carbonyl (C=O) groups excluding carboxylic acids is 1. The monoisotopic (exact) mass is 326 g/mol. The number of amides is 1. The van der Waals surface area contributed by atoms with Crippen LogP contribution in [0, 0.1) is 0 Å². The first-order chi connectivity index (χ1) is 11.8. The van der Waals surface area contributed by atoms with E-state index in [0.29, 0.717) is 18.9 Å². The molecule has 6 nitrogen and oxygen atoms in total. The van der Waals surface area contributed by atoms with Crippen molar-refractivity contribution in [2.24, 2.45) is 0 Å². The van der Waals surface area contributed by atoms with Gasteiger partial charge in [0, 0.05) is 37.4 Å². The highest BCUT2D eigenvalue weighted by Gasteiger charge is 2.17. The van der Waals surface area contributed by atoms with E-state index in [4.69, 9.17) is 4.74 Å². The smallest absolute Gasteiger partial charge is 0.270 e. The Morgan fingerprint density at radius 3 is 2.71 bits per heavy atom. The van der Waals surface area contributed by atoms with E-state index in [1.54, 1.807) is 18.6 Å². The summed E-state index contributed by atoms with van der Waals surface area (Å²) in [4.78, 5) is 23.1. The molecule has 2 aromatic heterocycles. The van der Waals surface area contributed by atoms with Crippen LogP contribution >= 0.6 is 0 Å². The van der Waals surface area contributed by atoms with Gasteiger partial charge in [0.2, 0.25) is 0 Å². The number of pyridine rings is 2. The molecule has 1 amide bonds. The van der Waals surface area contributed by atoms with Crippen LogP contribution in [0.3, 0.4) is 0 Å². The van der Waals surface area contributed by atoms with Crippen LogP contribution < -0.4 is 10.2 Å². The number of morpholine rings is 1. The van der Waals surface area contributed by atoms with Crippen LogP contribution in [0.4, 0.5) is 5.69 Å². The standard InChI is InChI=1S/C18H22N4O2/c1-2-16(14-3-6-19-7-4-14)21-18(23)17-13-15(5-8-20-17)22-9-11-24-12-10-22/h3-8,13,16H,2,9-12H2,1H3,(H,21,23)/t16-/m0/s1. The van der Waals surface area contributed by atoms with Crippen molar-refractivity contribution in [3.63, 3.8) is 0 Å². The normalized spacial score (nSPS) is 15.8. The maximum Gasteiger partial charge on any atom is 0.270 e. The third kappa shape index (κ3) is 3.89. The van der Waals surface area contributed by atoms with Crippen LogP contribution in [0.5, 0.6) is 0 Å². The van der Waals surface area contributed by atoms with E-state index in [1.165, 1.54) is 0 Å². The minimum atomic E-state index is -0.159. The molecule has 3 heterocycles. The molecule has 1 saturated heterocycles. The van der Waals surface area contributed by atoms with Crippen molar-refractivity contribution in [3.8, 4) is 0 Å². The lowest BCUT2D eigenvalue weighted by atomic mass is 10.1. The molecule has 0 spiro atoms. The Morgan fingerprint density at radius 2 is 2.00 bits per heavy atom. The van der Waals surface area contributed by atoms with Gasteiger partial charge in [0.1, 0.15) is 5.69 Å². The molecule has 0 bridgehead atoms. The number of hydrogen-bond donors (Lipinski definition) is 1. The average molecular weight is 326 g/mol. The highest BCUT2D eigenvalue weighted by Crippen LogP contribution is 2.18. The lowest BCUT2D eigenvalue weighted by Crippen LogP contribution is -2.36. The molecule has 126 valence electrons. The van der Waals surface area contributed by atoms with Gasteiger partial charge >= 0.3 is 0 Å². The Labute approximate surface area is 141 Å². The number of anilines is 1. The van der Waals surface area contributed by atoms with Crippen molar-refractivity contribution in [2.45, 2.75) is 19.4 Å². The summed E-state index contributed by atoms with van der Waals surface area (Å²) >= 11 is 0. The minimum absolute atomic E-state index is 0.0469. The number of ether oxygens (including phenoxy) is 1.